The molecule has 144 valence electrons. The molecule has 0 saturated carbocycles. The summed E-state index contributed by atoms with van der Waals surface area (Å²) in [5.41, 5.74) is 1.61. The normalized spacial score (nSPS) is 13.6. The third-order valence-corrected chi connectivity index (χ3v) is 6.21. The van der Waals surface area contributed by atoms with E-state index < -0.39 is 0 Å². The number of para-hydroxylation sites is 2. The summed E-state index contributed by atoms with van der Waals surface area (Å²) < 4.78 is 5.61. The number of anilines is 1. The van der Waals surface area contributed by atoms with Crippen molar-refractivity contribution >= 4 is 40.2 Å². The molecule has 0 saturated heterocycles. The monoisotopic (exact) mass is 413 g/mol. The maximum atomic E-state index is 12.5. The summed E-state index contributed by atoms with van der Waals surface area (Å²) in [5, 5.41) is 5.97. The van der Waals surface area contributed by atoms with E-state index in [0.29, 0.717) is 24.6 Å². The van der Waals surface area contributed by atoms with Gasteiger partial charge in [0.25, 0.3) is 0 Å². The van der Waals surface area contributed by atoms with Gasteiger partial charge in [-0.1, -0.05) is 12.1 Å². The Labute approximate surface area is 170 Å². The molecule has 1 aliphatic heterocycles. The van der Waals surface area contributed by atoms with Crippen LogP contribution in [0.1, 0.15) is 16.3 Å². The van der Waals surface area contributed by atoms with E-state index in [1.54, 1.807) is 28.7 Å². The molecule has 3 aromatic rings. The van der Waals surface area contributed by atoms with Gasteiger partial charge in [0, 0.05) is 10.3 Å². The van der Waals surface area contributed by atoms with Gasteiger partial charge in [0.1, 0.15) is 12.3 Å². The molecule has 8 heteroatoms. The molecule has 28 heavy (non-hydrogen) atoms. The summed E-state index contributed by atoms with van der Waals surface area (Å²) in [6.07, 6.45) is 0.253. The third-order valence-electron chi connectivity index (χ3n) is 4.33. The highest BCUT2D eigenvalue weighted by Gasteiger charge is 2.24. The van der Waals surface area contributed by atoms with E-state index in [1.165, 1.54) is 4.90 Å². The molecule has 0 atom stereocenters. The lowest BCUT2D eigenvalue weighted by molar-refractivity contribution is -0.124. The van der Waals surface area contributed by atoms with Crippen LogP contribution in [0.2, 0.25) is 0 Å². The van der Waals surface area contributed by atoms with Gasteiger partial charge in [0.2, 0.25) is 11.8 Å². The van der Waals surface area contributed by atoms with E-state index in [4.69, 9.17) is 4.74 Å². The second-order valence-electron chi connectivity index (χ2n) is 6.34. The number of rotatable bonds is 5. The van der Waals surface area contributed by atoms with Crippen LogP contribution in [0.4, 0.5) is 5.69 Å². The number of thiophene rings is 1. The summed E-state index contributed by atoms with van der Waals surface area (Å²) in [6.45, 7) is 2.70. The number of hydrogen-bond acceptors (Lipinski definition) is 6. The zero-order valence-electron chi connectivity index (χ0n) is 15.3. The average molecular weight is 414 g/mol. The molecule has 0 aliphatic carbocycles. The zero-order valence-corrected chi connectivity index (χ0v) is 16.9. The van der Waals surface area contributed by atoms with E-state index in [2.05, 4.69) is 10.3 Å². The van der Waals surface area contributed by atoms with Gasteiger partial charge < -0.3 is 10.1 Å². The van der Waals surface area contributed by atoms with E-state index in [1.807, 2.05) is 42.6 Å². The van der Waals surface area contributed by atoms with Crippen LogP contribution in [0, 0.1) is 6.92 Å². The smallest absolute Gasteiger partial charge is 0.240 e. The number of nitrogens with zero attached hydrogens (tertiary/aromatic N) is 2. The standard InChI is InChI=1S/C20H19N3O3S2/c1-13-22-15(12-27-13)18-7-6-14(28-18)10-21-19(24)11-23-16-4-2-3-5-17(16)26-9-8-20(23)25/h2-7,12H,8-11H2,1H3,(H,21,24). The lowest BCUT2D eigenvalue weighted by Gasteiger charge is -2.21. The molecule has 0 fully saturated rings. The van der Waals surface area contributed by atoms with Crippen molar-refractivity contribution in [2.75, 3.05) is 18.1 Å². The van der Waals surface area contributed by atoms with Gasteiger partial charge in [-0.15, -0.1) is 22.7 Å². The molecule has 2 amide bonds. The minimum Gasteiger partial charge on any atom is -0.491 e. The fraction of sp³-hybridized carbons (Fsp3) is 0.250. The van der Waals surface area contributed by atoms with Crippen LogP contribution in [0.3, 0.4) is 0 Å². The molecule has 1 aliphatic rings. The van der Waals surface area contributed by atoms with Crippen LogP contribution in [0.15, 0.2) is 41.8 Å². The maximum Gasteiger partial charge on any atom is 0.240 e. The van der Waals surface area contributed by atoms with Crippen molar-refractivity contribution in [3.8, 4) is 16.3 Å². The maximum absolute atomic E-state index is 12.5. The second kappa shape index (κ2) is 8.12. The number of carbonyl (C=O) groups is 2. The largest absolute Gasteiger partial charge is 0.491 e. The van der Waals surface area contributed by atoms with Crippen molar-refractivity contribution in [3.05, 3.63) is 51.7 Å². The number of benzene rings is 1. The third kappa shape index (κ3) is 4.07. The van der Waals surface area contributed by atoms with Crippen LogP contribution in [0.25, 0.3) is 10.6 Å². The first kappa shape index (κ1) is 18.6. The van der Waals surface area contributed by atoms with E-state index in [0.717, 1.165) is 20.5 Å². The van der Waals surface area contributed by atoms with Gasteiger partial charge >= 0.3 is 0 Å². The van der Waals surface area contributed by atoms with Gasteiger partial charge in [-0.3, -0.25) is 14.5 Å². The fourth-order valence-electron chi connectivity index (χ4n) is 2.97. The van der Waals surface area contributed by atoms with Gasteiger partial charge in [0.05, 0.1) is 40.8 Å². The number of fused-ring (bicyclic) bond motifs is 1. The number of nitrogens with one attached hydrogen (secondary N) is 1. The van der Waals surface area contributed by atoms with Crippen LogP contribution in [-0.4, -0.2) is 29.9 Å². The molecule has 2 aromatic heterocycles. The molecule has 0 unspecified atom stereocenters. The minimum absolute atomic E-state index is 0.0251. The van der Waals surface area contributed by atoms with Crippen molar-refractivity contribution in [2.24, 2.45) is 0 Å². The Bertz CT molecular complexity index is 1010. The number of carbonyl (C=O) groups excluding carboxylic acids is 2. The van der Waals surface area contributed by atoms with Crippen molar-refractivity contribution in [3.63, 3.8) is 0 Å². The Hall–Kier alpha value is -2.71. The van der Waals surface area contributed by atoms with Crippen LogP contribution >= 0.6 is 22.7 Å². The van der Waals surface area contributed by atoms with Crippen LogP contribution in [0.5, 0.6) is 5.75 Å². The number of ether oxygens (including phenoxy) is 1. The highest BCUT2D eigenvalue weighted by molar-refractivity contribution is 7.16. The molecule has 3 heterocycles. The zero-order chi connectivity index (χ0) is 19.5. The predicted octanol–water partition coefficient (Wildman–Crippen LogP) is 3.61. The van der Waals surface area contributed by atoms with Crippen LogP contribution < -0.4 is 15.0 Å². The number of thiazole rings is 1. The lowest BCUT2D eigenvalue weighted by Crippen LogP contribution is -2.40. The molecular weight excluding hydrogens is 394 g/mol. The Kier molecular flexibility index (Phi) is 5.40. The second-order valence-corrected chi connectivity index (χ2v) is 8.57. The Balaban J connectivity index is 1.39. The molecule has 1 N–H and O–H groups in total. The van der Waals surface area contributed by atoms with Gasteiger partial charge in [-0.25, -0.2) is 4.98 Å². The molecule has 6 nitrogen and oxygen atoms in total. The first-order valence-electron chi connectivity index (χ1n) is 8.90. The van der Waals surface area contributed by atoms with Crippen LogP contribution in [-0.2, 0) is 16.1 Å². The van der Waals surface area contributed by atoms with Gasteiger partial charge in [-0.2, -0.15) is 0 Å². The lowest BCUT2D eigenvalue weighted by atomic mass is 10.2. The summed E-state index contributed by atoms with van der Waals surface area (Å²) in [4.78, 5) is 33.0. The molecule has 0 bridgehead atoms. The molecule has 0 radical (unpaired) electrons. The number of amides is 2. The Morgan fingerprint density at radius 1 is 1.29 bits per heavy atom. The highest BCUT2D eigenvalue weighted by Crippen LogP contribution is 2.31. The van der Waals surface area contributed by atoms with Gasteiger partial charge in [0.15, 0.2) is 0 Å². The van der Waals surface area contributed by atoms with Gasteiger partial charge in [-0.05, 0) is 31.2 Å². The predicted molar refractivity (Wildman–Crippen MR) is 111 cm³/mol. The fourth-order valence-corrected chi connectivity index (χ4v) is 4.56. The molecular formula is C20H19N3O3S2. The average Bonchev–Trinajstić information content (AvgIpc) is 3.30. The van der Waals surface area contributed by atoms with Crippen molar-refractivity contribution < 1.29 is 14.3 Å². The molecule has 1 aromatic carbocycles. The molecule has 0 spiro atoms. The number of aryl methyl sites for hydroxylation is 1. The van der Waals surface area contributed by atoms with Crippen molar-refractivity contribution in [2.45, 2.75) is 19.9 Å². The topological polar surface area (TPSA) is 71.5 Å². The highest BCUT2D eigenvalue weighted by atomic mass is 32.1. The SMILES string of the molecule is Cc1nc(-c2ccc(CNC(=O)CN3C(=O)CCOc4ccccc43)s2)cs1. The van der Waals surface area contributed by atoms with E-state index in [9.17, 15) is 9.59 Å². The minimum atomic E-state index is -0.204. The summed E-state index contributed by atoms with van der Waals surface area (Å²) in [7, 11) is 0. The Morgan fingerprint density at radius 2 is 2.14 bits per heavy atom. The number of hydrogen-bond donors (Lipinski definition) is 1. The van der Waals surface area contributed by atoms with E-state index >= 15 is 0 Å². The first-order chi connectivity index (χ1) is 13.6. The van der Waals surface area contributed by atoms with Crippen molar-refractivity contribution in [1.82, 2.24) is 10.3 Å². The summed E-state index contributed by atoms with van der Waals surface area (Å²) in [6, 6.07) is 11.3. The van der Waals surface area contributed by atoms with E-state index in [-0.39, 0.29) is 24.8 Å². The number of aromatic nitrogens is 1. The Morgan fingerprint density at radius 3 is 2.96 bits per heavy atom. The summed E-state index contributed by atoms with van der Waals surface area (Å²) >= 11 is 3.23. The first-order valence-corrected chi connectivity index (χ1v) is 10.6. The molecule has 4 rings (SSSR count). The summed E-state index contributed by atoms with van der Waals surface area (Å²) in [5.74, 6) is 0.310. The quantitative estimate of drug-likeness (QED) is 0.694. The van der Waals surface area contributed by atoms with Crippen molar-refractivity contribution in [1.29, 1.82) is 0 Å².